The SMILES string of the molecule is O=C([O-])C1CCOc2cc(Oc3ccc(C(=O)N(Cl)CCc4ccccc4F)cc3)c(Cl)cc21.[Na+]. The van der Waals surface area contributed by atoms with Gasteiger partial charge in [-0.05, 0) is 54.8 Å². The van der Waals surface area contributed by atoms with E-state index in [-0.39, 0.29) is 65.7 Å². The number of hydrogen-bond acceptors (Lipinski definition) is 5. The third-order valence-corrected chi connectivity index (χ3v) is 6.09. The molecule has 4 rings (SSSR count). The average molecular weight is 526 g/mol. The van der Waals surface area contributed by atoms with Crippen molar-refractivity contribution in [3.8, 4) is 17.2 Å². The molecular weight excluding hydrogens is 507 g/mol. The second kappa shape index (κ2) is 12.1. The summed E-state index contributed by atoms with van der Waals surface area (Å²) in [6.45, 7) is 0.381. The molecule has 6 nitrogen and oxygen atoms in total. The number of benzene rings is 3. The van der Waals surface area contributed by atoms with Crippen molar-refractivity contribution in [2.45, 2.75) is 18.8 Å². The first-order valence-corrected chi connectivity index (χ1v) is 11.2. The number of hydrogen-bond donors (Lipinski definition) is 0. The summed E-state index contributed by atoms with van der Waals surface area (Å²) in [4.78, 5) is 24.0. The maximum atomic E-state index is 13.8. The summed E-state index contributed by atoms with van der Waals surface area (Å²) in [5.74, 6) is -1.70. The van der Waals surface area contributed by atoms with Crippen LogP contribution in [0.4, 0.5) is 4.39 Å². The Hall–Kier alpha value is -2.29. The Morgan fingerprint density at radius 1 is 1.14 bits per heavy atom. The smallest absolute Gasteiger partial charge is 0.549 e. The molecule has 3 aromatic carbocycles. The molecule has 1 amide bonds. The molecule has 1 unspecified atom stereocenters. The number of halogens is 3. The number of carboxylic acid groups (broad SMARTS) is 1. The predicted molar refractivity (Wildman–Crippen MR) is 123 cm³/mol. The van der Waals surface area contributed by atoms with E-state index < -0.39 is 17.8 Å². The molecule has 0 aromatic heterocycles. The minimum atomic E-state index is -1.18. The molecule has 0 aliphatic carbocycles. The minimum Gasteiger partial charge on any atom is -0.549 e. The third kappa shape index (κ3) is 6.48. The van der Waals surface area contributed by atoms with Gasteiger partial charge in [0.1, 0.15) is 23.1 Å². The molecule has 0 saturated heterocycles. The Morgan fingerprint density at radius 2 is 1.86 bits per heavy atom. The van der Waals surface area contributed by atoms with Crippen molar-refractivity contribution < 1.29 is 58.1 Å². The van der Waals surface area contributed by atoms with E-state index in [4.69, 9.17) is 32.9 Å². The van der Waals surface area contributed by atoms with Gasteiger partial charge in [-0.3, -0.25) is 9.21 Å². The van der Waals surface area contributed by atoms with E-state index in [2.05, 4.69) is 0 Å². The van der Waals surface area contributed by atoms with Crippen LogP contribution >= 0.6 is 23.4 Å². The van der Waals surface area contributed by atoms with Crippen molar-refractivity contribution in [1.82, 2.24) is 4.42 Å². The van der Waals surface area contributed by atoms with E-state index in [1.807, 2.05) is 0 Å². The molecule has 1 aliphatic heterocycles. The third-order valence-electron chi connectivity index (χ3n) is 5.47. The summed E-state index contributed by atoms with van der Waals surface area (Å²) in [5.41, 5.74) is 1.25. The Balaban J connectivity index is 0.00000342. The fourth-order valence-corrected chi connectivity index (χ4v) is 4.06. The van der Waals surface area contributed by atoms with E-state index in [0.717, 1.165) is 4.42 Å². The summed E-state index contributed by atoms with van der Waals surface area (Å²) in [7, 11) is 0. The molecule has 0 N–H and O–H groups in total. The van der Waals surface area contributed by atoms with Crippen LogP contribution in [-0.4, -0.2) is 29.4 Å². The zero-order valence-electron chi connectivity index (χ0n) is 18.8. The maximum absolute atomic E-state index is 13.8. The Bertz CT molecular complexity index is 1220. The molecule has 0 bridgehead atoms. The van der Waals surface area contributed by atoms with Crippen LogP contribution < -0.4 is 44.1 Å². The number of carbonyl (C=O) groups excluding carboxylic acids is 2. The topological polar surface area (TPSA) is 78.9 Å². The van der Waals surface area contributed by atoms with Crippen molar-refractivity contribution in [2.75, 3.05) is 13.2 Å². The minimum absolute atomic E-state index is 0. The zero-order chi connectivity index (χ0) is 24.2. The largest absolute Gasteiger partial charge is 1.00 e. The van der Waals surface area contributed by atoms with Crippen LogP contribution in [-0.2, 0) is 11.2 Å². The predicted octanol–water partition coefficient (Wildman–Crippen LogP) is 1.73. The molecule has 0 saturated carbocycles. The molecule has 0 spiro atoms. The van der Waals surface area contributed by atoms with E-state index >= 15 is 0 Å². The van der Waals surface area contributed by atoms with Crippen LogP contribution in [0.15, 0.2) is 60.7 Å². The molecule has 1 heterocycles. The molecule has 176 valence electrons. The van der Waals surface area contributed by atoms with Crippen LogP contribution in [0.2, 0.25) is 5.02 Å². The fourth-order valence-electron chi connectivity index (χ4n) is 3.67. The van der Waals surface area contributed by atoms with Gasteiger partial charge in [0.05, 0.1) is 11.6 Å². The van der Waals surface area contributed by atoms with Crippen molar-refractivity contribution in [2.24, 2.45) is 0 Å². The first kappa shape index (κ1) is 27.3. The molecule has 1 aliphatic rings. The van der Waals surface area contributed by atoms with Crippen LogP contribution in [0, 0.1) is 5.82 Å². The van der Waals surface area contributed by atoms with Crippen molar-refractivity contribution in [1.29, 1.82) is 0 Å². The number of amides is 1. The molecule has 0 fully saturated rings. The van der Waals surface area contributed by atoms with Gasteiger partial charge in [0.2, 0.25) is 0 Å². The molecule has 1 atom stereocenters. The van der Waals surface area contributed by atoms with Crippen molar-refractivity contribution >= 4 is 35.3 Å². The van der Waals surface area contributed by atoms with Gasteiger partial charge < -0.3 is 19.4 Å². The van der Waals surface area contributed by atoms with Crippen LogP contribution in [0.25, 0.3) is 0 Å². The van der Waals surface area contributed by atoms with Gasteiger partial charge in [0.25, 0.3) is 5.91 Å². The number of carbonyl (C=O) groups is 2. The van der Waals surface area contributed by atoms with Crippen LogP contribution in [0.3, 0.4) is 0 Å². The van der Waals surface area contributed by atoms with Crippen LogP contribution in [0.5, 0.6) is 17.2 Å². The van der Waals surface area contributed by atoms with E-state index in [1.54, 1.807) is 42.5 Å². The normalized spacial score (nSPS) is 14.2. The Labute approximate surface area is 233 Å². The molecule has 3 aromatic rings. The van der Waals surface area contributed by atoms with Crippen molar-refractivity contribution in [3.05, 3.63) is 88.2 Å². The number of fused-ring (bicyclic) bond motifs is 1. The average Bonchev–Trinajstić information content (AvgIpc) is 2.83. The van der Waals surface area contributed by atoms with E-state index in [0.29, 0.717) is 34.6 Å². The maximum Gasteiger partial charge on any atom is 1.00 e. The van der Waals surface area contributed by atoms with E-state index in [9.17, 15) is 19.1 Å². The number of carboxylic acids is 1. The zero-order valence-corrected chi connectivity index (χ0v) is 22.3. The summed E-state index contributed by atoms with van der Waals surface area (Å²) in [5, 5.41) is 11.6. The van der Waals surface area contributed by atoms with Gasteiger partial charge in [-0.1, -0.05) is 29.8 Å². The van der Waals surface area contributed by atoms with Gasteiger partial charge in [0, 0.05) is 47.4 Å². The fraction of sp³-hybridized carbons (Fsp3) is 0.200. The van der Waals surface area contributed by atoms with Gasteiger partial charge in [0.15, 0.2) is 0 Å². The second-order valence-corrected chi connectivity index (χ2v) is 8.50. The number of ether oxygens (including phenoxy) is 2. The first-order chi connectivity index (χ1) is 16.3. The van der Waals surface area contributed by atoms with Crippen LogP contribution in [0.1, 0.15) is 33.8 Å². The summed E-state index contributed by atoms with van der Waals surface area (Å²) >= 11 is 12.4. The Kier molecular flexibility index (Phi) is 9.44. The number of aliphatic carboxylic acids is 1. The summed E-state index contributed by atoms with van der Waals surface area (Å²) in [6.07, 6.45) is 0.583. The number of rotatable bonds is 7. The summed E-state index contributed by atoms with van der Waals surface area (Å²) in [6, 6.07) is 15.6. The summed E-state index contributed by atoms with van der Waals surface area (Å²) < 4.78 is 26.1. The van der Waals surface area contributed by atoms with Gasteiger partial charge in [-0.15, -0.1) is 0 Å². The Morgan fingerprint density at radius 3 is 2.54 bits per heavy atom. The van der Waals surface area contributed by atoms with E-state index in [1.165, 1.54) is 18.2 Å². The van der Waals surface area contributed by atoms with Crippen molar-refractivity contribution in [3.63, 3.8) is 0 Å². The second-order valence-electron chi connectivity index (χ2n) is 7.69. The molecule has 35 heavy (non-hydrogen) atoms. The first-order valence-electron chi connectivity index (χ1n) is 10.5. The van der Waals surface area contributed by atoms with Gasteiger partial charge in [-0.25, -0.2) is 4.39 Å². The number of nitrogens with zero attached hydrogens (tertiary/aromatic N) is 1. The quantitative estimate of drug-likeness (QED) is 0.346. The molecule has 10 heteroatoms. The van der Waals surface area contributed by atoms with Gasteiger partial charge in [-0.2, -0.15) is 0 Å². The van der Waals surface area contributed by atoms with Gasteiger partial charge >= 0.3 is 29.6 Å². The molecular formula is C25H19Cl2FNNaO5. The molecule has 0 radical (unpaired) electrons. The monoisotopic (exact) mass is 525 g/mol. The standard InChI is InChI=1S/C25H20Cl2FNO5.Na/c26-20-13-19-18(25(31)32)10-12-33-22(19)14-23(20)34-17-7-5-16(6-8-17)24(30)29(27)11-9-15-3-1-2-4-21(15)28;/h1-8,13-14,18H,9-12H2,(H,31,32);/q;+1/p-1.